The second-order valence-electron chi connectivity index (χ2n) is 2.51. The van der Waals surface area contributed by atoms with Crippen molar-refractivity contribution in [3.8, 4) is 5.88 Å². The van der Waals surface area contributed by atoms with Crippen LogP contribution in [0.25, 0.3) is 0 Å². The molecule has 0 atom stereocenters. The van der Waals surface area contributed by atoms with Crippen LogP contribution in [0.15, 0.2) is 18.3 Å². The number of carbonyl (C=O) groups excluding carboxylic acids is 1. The summed E-state index contributed by atoms with van der Waals surface area (Å²) in [5.41, 5.74) is 0. The van der Waals surface area contributed by atoms with Gasteiger partial charge in [0.15, 0.2) is 5.82 Å². The van der Waals surface area contributed by atoms with Gasteiger partial charge in [0.25, 0.3) is 5.88 Å². The van der Waals surface area contributed by atoms with Gasteiger partial charge in [-0.1, -0.05) is 6.92 Å². The van der Waals surface area contributed by atoms with Crippen molar-refractivity contribution in [2.75, 3.05) is 0 Å². The fraction of sp³-hybridized carbons (Fsp3) is 0.333. The van der Waals surface area contributed by atoms with Crippen LogP contribution >= 0.6 is 0 Å². The minimum atomic E-state index is -0.619. The van der Waals surface area contributed by atoms with E-state index in [0.29, 0.717) is 6.42 Å². The van der Waals surface area contributed by atoms with Gasteiger partial charge in [0.2, 0.25) is 0 Å². The Labute approximate surface area is 75.6 Å². The maximum Gasteiger partial charge on any atom is 0.312 e. The molecule has 0 unspecified atom stereocenters. The number of hydrogen-bond acceptors (Lipinski definition) is 3. The highest BCUT2D eigenvalue weighted by Crippen LogP contribution is 2.12. The number of carbonyl (C=O) groups is 1. The summed E-state index contributed by atoms with van der Waals surface area (Å²) in [6, 6.07) is 2.63. The van der Waals surface area contributed by atoms with Crippen LogP contribution in [0.5, 0.6) is 5.88 Å². The standard InChI is InChI=1S/C9H10FNO2/c1-2-4-8(12)13-9-7(10)5-3-6-11-9/h3,5-6H,2,4H2,1H3. The second kappa shape index (κ2) is 4.54. The van der Waals surface area contributed by atoms with E-state index in [2.05, 4.69) is 9.72 Å². The predicted molar refractivity (Wildman–Crippen MR) is 44.7 cm³/mol. The average molecular weight is 183 g/mol. The van der Waals surface area contributed by atoms with Crippen molar-refractivity contribution in [2.24, 2.45) is 0 Å². The lowest BCUT2D eigenvalue weighted by atomic mass is 10.3. The van der Waals surface area contributed by atoms with Crippen molar-refractivity contribution < 1.29 is 13.9 Å². The van der Waals surface area contributed by atoms with Crippen molar-refractivity contribution in [1.82, 2.24) is 4.98 Å². The molecule has 0 N–H and O–H groups in total. The Hall–Kier alpha value is -1.45. The highest BCUT2D eigenvalue weighted by molar-refractivity contribution is 5.71. The van der Waals surface area contributed by atoms with E-state index in [0.717, 1.165) is 0 Å². The summed E-state index contributed by atoms with van der Waals surface area (Å²) >= 11 is 0. The first-order chi connectivity index (χ1) is 6.24. The van der Waals surface area contributed by atoms with Crippen molar-refractivity contribution in [3.63, 3.8) is 0 Å². The van der Waals surface area contributed by atoms with Gasteiger partial charge < -0.3 is 4.74 Å². The van der Waals surface area contributed by atoms with Gasteiger partial charge in [0.1, 0.15) is 0 Å². The third kappa shape index (κ3) is 2.82. The third-order valence-corrected chi connectivity index (χ3v) is 1.39. The molecule has 0 spiro atoms. The van der Waals surface area contributed by atoms with E-state index in [1.54, 1.807) is 0 Å². The molecule has 0 bridgehead atoms. The predicted octanol–water partition coefficient (Wildman–Crippen LogP) is 1.93. The van der Waals surface area contributed by atoms with E-state index in [1.165, 1.54) is 18.3 Å². The Morgan fingerprint density at radius 1 is 1.69 bits per heavy atom. The maximum absolute atomic E-state index is 12.9. The minimum Gasteiger partial charge on any atom is -0.404 e. The minimum absolute atomic E-state index is 0.249. The number of aromatic nitrogens is 1. The van der Waals surface area contributed by atoms with Gasteiger partial charge in [-0.05, 0) is 18.6 Å². The summed E-state index contributed by atoms with van der Waals surface area (Å²) in [5, 5.41) is 0. The lowest BCUT2D eigenvalue weighted by Gasteiger charge is -2.01. The van der Waals surface area contributed by atoms with Gasteiger partial charge in [-0.15, -0.1) is 0 Å². The summed E-state index contributed by atoms with van der Waals surface area (Å²) in [6.45, 7) is 1.84. The molecule has 0 aliphatic heterocycles. The van der Waals surface area contributed by atoms with Crippen LogP contribution in [0.4, 0.5) is 4.39 Å². The summed E-state index contributed by atoms with van der Waals surface area (Å²) in [4.78, 5) is 14.5. The zero-order valence-corrected chi connectivity index (χ0v) is 7.29. The van der Waals surface area contributed by atoms with Crippen LogP contribution in [0.1, 0.15) is 19.8 Å². The summed E-state index contributed by atoms with van der Waals surface area (Å²) in [7, 11) is 0. The maximum atomic E-state index is 12.9. The number of halogens is 1. The molecule has 1 aromatic heterocycles. The Morgan fingerprint density at radius 2 is 2.46 bits per heavy atom. The fourth-order valence-electron chi connectivity index (χ4n) is 0.809. The Balaban J connectivity index is 2.63. The smallest absolute Gasteiger partial charge is 0.312 e. The average Bonchev–Trinajstić information content (AvgIpc) is 2.09. The molecule has 70 valence electrons. The van der Waals surface area contributed by atoms with Crippen LogP contribution in [0, 0.1) is 5.82 Å². The van der Waals surface area contributed by atoms with Crippen molar-refractivity contribution in [3.05, 3.63) is 24.1 Å². The van der Waals surface area contributed by atoms with E-state index < -0.39 is 11.8 Å². The molecular formula is C9H10FNO2. The van der Waals surface area contributed by atoms with Gasteiger partial charge >= 0.3 is 5.97 Å². The van der Waals surface area contributed by atoms with Crippen LogP contribution in [0.2, 0.25) is 0 Å². The first-order valence-corrected chi connectivity index (χ1v) is 4.05. The Kier molecular flexibility index (Phi) is 3.37. The molecule has 0 amide bonds. The monoisotopic (exact) mass is 183 g/mol. The SMILES string of the molecule is CCCC(=O)Oc1ncccc1F. The molecule has 1 rings (SSSR count). The highest BCUT2D eigenvalue weighted by Gasteiger charge is 2.08. The number of esters is 1. The van der Waals surface area contributed by atoms with E-state index in [4.69, 9.17) is 0 Å². The molecule has 0 radical (unpaired) electrons. The van der Waals surface area contributed by atoms with Crippen molar-refractivity contribution >= 4 is 5.97 Å². The molecule has 1 heterocycles. The van der Waals surface area contributed by atoms with E-state index >= 15 is 0 Å². The molecule has 0 saturated heterocycles. The Morgan fingerprint density at radius 3 is 3.08 bits per heavy atom. The topological polar surface area (TPSA) is 39.2 Å². The lowest BCUT2D eigenvalue weighted by molar-refractivity contribution is -0.134. The number of rotatable bonds is 3. The lowest BCUT2D eigenvalue weighted by Crippen LogP contribution is -2.09. The van der Waals surface area contributed by atoms with Crippen molar-refractivity contribution in [1.29, 1.82) is 0 Å². The normalized spacial score (nSPS) is 9.69. The number of hydrogen-bond donors (Lipinski definition) is 0. The van der Waals surface area contributed by atoms with Gasteiger partial charge in [-0.25, -0.2) is 9.37 Å². The fourth-order valence-corrected chi connectivity index (χ4v) is 0.809. The van der Waals surface area contributed by atoms with Crippen LogP contribution in [-0.4, -0.2) is 11.0 Å². The molecule has 0 saturated carbocycles. The first-order valence-electron chi connectivity index (χ1n) is 4.05. The molecule has 0 aromatic carbocycles. The van der Waals surface area contributed by atoms with Crippen LogP contribution < -0.4 is 4.74 Å². The largest absolute Gasteiger partial charge is 0.404 e. The molecule has 0 aliphatic rings. The Bertz CT molecular complexity index is 301. The molecule has 1 aromatic rings. The molecular weight excluding hydrogens is 173 g/mol. The molecule has 4 heteroatoms. The number of ether oxygens (including phenoxy) is 1. The van der Waals surface area contributed by atoms with Crippen molar-refractivity contribution in [2.45, 2.75) is 19.8 Å². The molecule has 0 aliphatic carbocycles. The zero-order valence-electron chi connectivity index (χ0n) is 7.29. The van der Waals surface area contributed by atoms with E-state index in [9.17, 15) is 9.18 Å². The van der Waals surface area contributed by atoms with E-state index in [-0.39, 0.29) is 12.3 Å². The van der Waals surface area contributed by atoms with Gasteiger partial charge in [0.05, 0.1) is 0 Å². The molecule has 3 nitrogen and oxygen atoms in total. The third-order valence-electron chi connectivity index (χ3n) is 1.39. The molecule has 0 fully saturated rings. The van der Waals surface area contributed by atoms with Gasteiger partial charge in [-0.3, -0.25) is 4.79 Å². The summed E-state index contributed by atoms with van der Waals surface area (Å²) in [5.74, 6) is -1.33. The molecule has 13 heavy (non-hydrogen) atoms. The summed E-state index contributed by atoms with van der Waals surface area (Å²) < 4.78 is 17.5. The second-order valence-corrected chi connectivity index (χ2v) is 2.51. The highest BCUT2D eigenvalue weighted by atomic mass is 19.1. The van der Waals surface area contributed by atoms with Crippen LogP contribution in [0.3, 0.4) is 0 Å². The number of pyridine rings is 1. The van der Waals surface area contributed by atoms with Gasteiger partial charge in [-0.2, -0.15) is 0 Å². The number of nitrogens with zero attached hydrogens (tertiary/aromatic N) is 1. The quantitative estimate of drug-likeness (QED) is 0.672. The summed E-state index contributed by atoms with van der Waals surface area (Å²) in [6.07, 6.45) is 2.32. The zero-order chi connectivity index (χ0) is 9.68. The van der Waals surface area contributed by atoms with Crippen LogP contribution in [-0.2, 0) is 4.79 Å². The van der Waals surface area contributed by atoms with Gasteiger partial charge in [0, 0.05) is 12.6 Å². The first kappa shape index (κ1) is 9.64. The van der Waals surface area contributed by atoms with E-state index in [1.807, 2.05) is 6.92 Å².